The van der Waals surface area contributed by atoms with Crippen LogP contribution in [0.3, 0.4) is 0 Å². The maximum atomic E-state index is 13.8. The van der Waals surface area contributed by atoms with Gasteiger partial charge in [-0.2, -0.15) is 0 Å². The highest BCUT2D eigenvalue weighted by atomic mass is 79.9. The molecule has 0 atom stereocenters. The van der Waals surface area contributed by atoms with Crippen molar-refractivity contribution >= 4 is 56.3 Å². The summed E-state index contributed by atoms with van der Waals surface area (Å²) in [6.07, 6.45) is 1.47. The first-order chi connectivity index (χ1) is 19.3. The molecule has 1 saturated heterocycles. The van der Waals surface area contributed by atoms with Gasteiger partial charge in [0, 0.05) is 4.47 Å². The van der Waals surface area contributed by atoms with Gasteiger partial charge >= 0.3 is 6.03 Å². The Morgan fingerprint density at radius 3 is 2.58 bits per heavy atom. The largest absolute Gasteiger partial charge is 0.493 e. The lowest BCUT2D eigenvalue weighted by Crippen LogP contribution is -2.38. The number of amides is 4. The van der Waals surface area contributed by atoms with E-state index < -0.39 is 30.2 Å². The number of nitrogens with one attached hydrogen (secondary N) is 2. The van der Waals surface area contributed by atoms with E-state index in [-0.39, 0.29) is 11.4 Å². The van der Waals surface area contributed by atoms with Crippen LogP contribution in [-0.4, -0.2) is 36.4 Å². The monoisotopic (exact) mass is 603 g/mol. The molecule has 4 aromatic carbocycles. The molecule has 0 aromatic heterocycles. The average Bonchev–Trinajstić information content (AvgIpc) is 3.21. The predicted molar refractivity (Wildman–Crippen MR) is 152 cm³/mol. The smallest absolute Gasteiger partial charge is 0.329 e. The van der Waals surface area contributed by atoms with E-state index in [1.165, 1.54) is 31.4 Å². The number of hydrogen-bond acceptors (Lipinski definition) is 5. The average molecular weight is 604 g/mol. The Morgan fingerprint density at radius 1 is 1.02 bits per heavy atom. The summed E-state index contributed by atoms with van der Waals surface area (Å²) in [4.78, 5) is 38.5. The predicted octanol–water partition coefficient (Wildman–Crippen LogP) is 5.86. The second-order valence-corrected chi connectivity index (χ2v) is 9.71. The zero-order valence-corrected chi connectivity index (χ0v) is 22.8. The lowest BCUT2D eigenvalue weighted by molar-refractivity contribution is -0.127. The molecule has 0 unspecified atom stereocenters. The van der Waals surface area contributed by atoms with Gasteiger partial charge in [0.25, 0.3) is 5.91 Å². The molecule has 0 radical (unpaired) electrons. The normalized spacial score (nSPS) is 14.0. The van der Waals surface area contributed by atoms with Crippen LogP contribution in [0.15, 0.2) is 89.0 Å². The summed E-state index contributed by atoms with van der Waals surface area (Å²) < 4.78 is 26.0. The van der Waals surface area contributed by atoms with Crippen LogP contribution in [0.1, 0.15) is 11.1 Å². The molecule has 1 aliphatic heterocycles. The van der Waals surface area contributed by atoms with E-state index in [1.54, 1.807) is 18.2 Å². The van der Waals surface area contributed by atoms with Gasteiger partial charge in [0.2, 0.25) is 5.91 Å². The first-order valence-electron chi connectivity index (χ1n) is 12.2. The number of hydrogen-bond donors (Lipinski definition) is 2. The quantitative estimate of drug-likeness (QED) is 0.194. The Kier molecular flexibility index (Phi) is 7.79. The summed E-state index contributed by atoms with van der Waals surface area (Å²) >= 11 is 3.50. The molecule has 5 rings (SSSR count). The van der Waals surface area contributed by atoms with Crippen molar-refractivity contribution in [3.8, 4) is 11.5 Å². The Balaban J connectivity index is 1.31. The number of ether oxygens (including phenoxy) is 2. The number of rotatable bonds is 8. The van der Waals surface area contributed by atoms with Crippen LogP contribution in [0.5, 0.6) is 11.5 Å². The number of para-hydroxylation sites is 1. The summed E-state index contributed by atoms with van der Waals surface area (Å²) in [5.41, 5.74) is 1.47. The number of halogens is 2. The van der Waals surface area contributed by atoms with Crippen molar-refractivity contribution in [3.63, 3.8) is 0 Å². The highest BCUT2D eigenvalue weighted by Gasteiger charge is 2.35. The van der Waals surface area contributed by atoms with Gasteiger partial charge in [-0.1, -0.05) is 70.5 Å². The molecule has 1 heterocycles. The van der Waals surface area contributed by atoms with Crippen LogP contribution in [0.25, 0.3) is 16.8 Å². The van der Waals surface area contributed by atoms with Crippen LogP contribution in [0.2, 0.25) is 0 Å². The molecule has 8 nitrogen and oxygen atoms in total. The molecule has 1 fully saturated rings. The third-order valence-electron chi connectivity index (χ3n) is 6.26. The van der Waals surface area contributed by atoms with Crippen molar-refractivity contribution < 1.29 is 28.2 Å². The Bertz CT molecular complexity index is 1670. The van der Waals surface area contributed by atoms with E-state index in [0.717, 1.165) is 21.2 Å². The summed E-state index contributed by atoms with van der Waals surface area (Å²) in [7, 11) is 1.50. The van der Waals surface area contributed by atoms with E-state index in [2.05, 4.69) is 26.6 Å². The number of fused-ring (bicyclic) bond motifs is 1. The molecular weight excluding hydrogens is 581 g/mol. The molecule has 4 aromatic rings. The molecule has 10 heteroatoms. The van der Waals surface area contributed by atoms with Crippen LogP contribution in [0, 0.1) is 5.82 Å². The van der Waals surface area contributed by atoms with E-state index in [9.17, 15) is 18.8 Å². The van der Waals surface area contributed by atoms with Crippen LogP contribution >= 0.6 is 15.9 Å². The Morgan fingerprint density at radius 2 is 1.77 bits per heavy atom. The molecule has 0 saturated carbocycles. The SMILES string of the molecule is COc1cc(/C=C2/NC(=O)N(CC(=O)Nc3ccccc3F)C2=O)c(Br)cc1OCc1cccc2ccccc12. The fraction of sp³-hybridized carbons (Fsp3) is 0.100. The van der Waals surface area contributed by atoms with Gasteiger partial charge in [-0.15, -0.1) is 0 Å². The molecular formula is C30H23BrFN3O5. The summed E-state index contributed by atoms with van der Waals surface area (Å²) in [6, 6.07) is 22.3. The summed E-state index contributed by atoms with van der Waals surface area (Å²) in [5, 5.41) is 7.04. The second kappa shape index (κ2) is 11.6. The Labute approximate surface area is 237 Å². The van der Waals surface area contributed by atoms with E-state index >= 15 is 0 Å². The number of carbonyl (C=O) groups excluding carboxylic acids is 3. The molecule has 0 bridgehead atoms. The number of carbonyl (C=O) groups is 3. The standard InChI is InChI=1S/C30H23BrFN3O5/c1-39-26-14-20(22(31)15-27(26)40-17-19-9-6-8-18-7-2-3-10-21(18)19)13-25-29(37)35(30(38)34-25)16-28(36)33-24-12-5-4-11-23(24)32/h2-15H,16-17H2,1H3,(H,33,36)(H,34,38)/b25-13+. The van der Waals surface area contributed by atoms with Gasteiger partial charge in [0.1, 0.15) is 24.7 Å². The zero-order chi connectivity index (χ0) is 28.2. The topological polar surface area (TPSA) is 97.0 Å². The van der Waals surface area contributed by atoms with Crippen molar-refractivity contribution in [1.82, 2.24) is 10.2 Å². The minimum absolute atomic E-state index is 0.0316. The molecule has 0 aliphatic carbocycles. The van der Waals surface area contributed by atoms with Crippen molar-refractivity contribution in [2.24, 2.45) is 0 Å². The number of nitrogens with zero attached hydrogens (tertiary/aromatic N) is 1. The lowest BCUT2D eigenvalue weighted by Gasteiger charge is -2.14. The first kappa shape index (κ1) is 26.9. The van der Waals surface area contributed by atoms with Crippen LogP contribution in [-0.2, 0) is 16.2 Å². The van der Waals surface area contributed by atoms with Gasteiger partial charge in [-0.3, -0.25) is 9.59 Å². The minimum Gasteiger partial charge on any atom is -0.493 e. The van der Waals surface area contributed by atoms with Gasteiger partial charge in [-0.25, -0.2) is 14.1 Å². The Hall–Kier alpha value is -4.70. The maximum Gasteiger partial charge on any atom is 0.329 e. The number of anilines is 1. The van der Waals surface area contributed by atoms with Crippen molar-refractivity contribution in [2.75, 3.05) is 19.0 Å². The van der Waals surface area contributed by atoms with Gasteiger partial charge in [-0.05, 0) is 52.2 Å². The van der Waals surface area contributed by atoms with Crippen molar-refractivity contribution in [2.45, 2.75) is 6.61 Å². The lowest BCUT2D eigenvalue weighted by atomic mass is 10.1. The van der Waals surface area contributed by atoms with Gasteiger partial charge in [0.15, 0.2) is 11.5 Å². The number of urea groups is 1. The van der Waals surface area contributed by atoms with E-state index in [0.29, 0.717) is 28.1 Å². The highest BCUT2D eigenvalue weighted by molar-refractivity contribution is 9.10. The number of methoxy groups -OCH3 is 1. The zero-order valence-electron chi connectivity index (χ0n) is 21.2. The first-order valence-corrected chi connectivity index (χ1v) is 13.0. The third-order valence-corrected chi connectivity index (χ3v) is 6.94. The maximum absolute atomic E-state index is 13.8. The molecule has 40 heavy (non-hydrogen) atoms. The number of benzene rings is 4. The van der Waals surface area contributed by atoms with Gasteiger partial charge < -0.3 is 20.1 Å². The fourth-order valence-corrected chi connectivity index (χ4v) is 4.71. The highest BCUT2D eigenvalue weighted by Crippen LogP contribution is 2.36. The van der Waals surface area contributed by atoms with Crippen LogP contribution < -0.4 is 20.1 Å². The molecule has 1 aliphatic rings. The summed E-state index contributed by atoms with van der Waals surface area (Å²) in [6.45, 7) is -0.273. The summed E-state index contributed by atoms with van der Waals surface area (Å²) in [5.74, 6) is -1.14. The molecule has 4 amide bonds. The van der Waals surface area contributed by atoms with E-state index in [1.807, 2.05) is 42.5 Å². The van der Waals surface area contributed by atoms with Gasteiger partial charge in [0.05, 0.1) is 12.8 Å². The fourth-order valence-electron chi connectivity index (χ4n) is 4.27. The third kappa shape index (κ3) is 5.67. The molecule has 2 N–H and O–H groups in total. The second-order valence-electron chi connectivity index (χ2n) is 8.86. The molecule has 0 spiro atoms. The minimum atomic E-state index is -0.766. The van der Waals surface area contributed by atoms with Crippen LogP contribution in [0.4, 0.5) is 14.9 Å². The molecule has 202 valence electrons. The van der Waals surface area contributed by atoms with E-state index in [4.69, 9.17) is 9.47 Å². The van der Waals surface area contributed by atoms with Crippen molar-refractivity contribution in [1.29, 1.82) is 0 Å². The van der Waals surface area contributed by atoms with Crippen molar-refractivity contribution in [3.05, 3.63) is 106 Å². The number of imide groups is 1.